The van der Waals surface area contributed by atoms with Gasteiger partial charge in [0.15, 0.2) is 11.5 Å². The van der Waals surface area contributed by atoms with Gasteiger partial charge in [-0.2, -0.15) is 0 Å². The molecule has 2 aromatic carbocycles. The Balaban J connectivity index is 2.50. The molecule has 0 saturated carbocycles. The van der Waals surface area contributed by atoms with E-state index in [2.05, 4.69) is 0 Å². The lowest BCUT2D eigenvalue weighted by atomic mass is 9.98. The molecule has 0 amide bonds. The minimum Gasteiger partial charge on any atom is -0.493 e. The third-order valence-corrected chi connectivity index (χ3v) is 3.32. The first kappa shape index (κ1) is 15.3. The Morgan fingerprint density at radius 3 is 2.29 bits per heavy atom. The van der Waals surface area contributed by atoms with Crippen molar-refractivity contribution >= 4 is 0 Å². The average molecular weight is 294 g/mol. The van der Waals surface area contributed by atoms with E-state index in [0.717, 1.165) is 6.07 Å². The van der Waals surface area contributed by atoms with E-state index in [-0.39, 0.29) is 11.1 Å². The van der Waals surface area contributed by atoms with E-state index >= 15 is 0 Å². The van der Waals surface area contributed by atoms with Crippen LogP contribution in [0, 0.1) is 18.6 Å². The van der Waals surface area contributed by atoms with Crippen LogP contribution in [0.15, 0.2) is 30.3 Å². The zero-order valence-corrected chi connectivity index (χ0v) is 12.0. The van der Waals surface area contributed by atoms with Crippen LogP contribution in [0.3, 0.4) is 0 Å². The highest BCUT2D eigenvalue weighted by atomic mass is 19.1. The number of aliphatic hydroxyl groups excluding tert-OH is 1. The van der Waals surface area contributed by atoms with Crippen molar-refractivity contribution in [2.24, 2.45) is 0 Å². The van der Waals surface area contributed by atoms with Crippen LogP contribution in [-0.2, 0) is 0 Å². The molecule has 0 fully saturated rings. The van der Waals surface area contributed by atoms with Gasteiger partial charge in [0.1, 0.15) is 17.7 Å². The van der Waals surface area contributed by atoms with Crippen molar-refractivity contribution in [3.8, 4) is 11.5 Å². The molecule has 0 radical (unpaired) electrons. The maximum atomic E-state index is 14.1. The van der Waals surface area contributed by atoms with Crippen molar-refractivity contribution in [2.75, 3.05) is 14.2 Å². The summed E-state index contributed by atoms with van der Waals surface area (Å²) in [6.07, 6.45) is -1.43. The summed E-state index contributed by atoms with van der Waals surface area (Å²) in [7, 11) is 2.93. The Kier molecular flexibility index (Phi) is 4.43. The molecule has 0 heterocycles. The lowest BCUT2D eigenvalue weighted by molar-refractivity contribution is 0.208. The Morgan fingerprint density at radius 1 is 1.00 bits per heavy atom. The summed E-state index contributed by atoms with van der Waals surface area (Å²) in [5, 5.41) is 10.3. The van der Waals surface area contributed by atoms with E-state index in [0.29, 0.717) is 17.1 Å². The number of hydrogen-bond acceptors (Lipinski definition) is 3. The van der Waals surface area contributed by atoms with E-state index in [4.69, 9.17) is 9.47 Å². The van der Waals surface area contributed by atoms with Crippen molar-refractivity contribution in [3.63, 3.8) is 0 Å². The van der Waals surface area contributed by atoms with Gasteiger partial charge < -0.3 is 14.6 Å². The Labute approximate surface area is 121 Å². The lowest BCUT2D eigenvalue weighted by Crippen LogP contribution is -2.07. The van der Waals surface area contributed by atoms with Crippen molar-refractivity contribution in [2.45, 2.75) is 13.0 Å². The van der Waals surface area contributed by atoms with E-state index in [1.165, 1.54) is 39.3 Å². The van der Waals surface area contributed by atoms with Crippen molar-refractivity contribution in [1.82, 2.24) is 0 Å². The largest absolute Gasteiger partial charge is 0.493 e. The molecule has 2 aromatic rings. The van der Waals surface area contributed by atoms with Gasteiger partial charge in [-0.3, -0.25) is 0 Å². The van der Waals surface area contributed by atoms with Crippen molar-refractivity contribution in [3.05, 3.63) is 58.7 Å². The third kappa shape index (κ3) is 2.83. The van der Waals surface area contributed by atoms with Crippen LogP contribution in [-0.4, -0.2) is 19.3 Å². The molecule has 0 aliphatic carbocycles. The molecule has 0 aromatic heterocycles. The average Bonchev–Trinajstić information content (AvgIpc) is 2.50. The summed E-state index contributed by atoms with van der Waals surface area (Å²) in [6, 6.07) is 7.06. The summed E-state index contributed by atoms with van der Waals surface area (Å²) in [5.41, 5.74) is 0.212. The molecular formula is C16H16F2O3. The topological polar surface area (TPSA) is 38.7 Å². The molecule has 1 atom stereocenters. The second-order valence-electron chi connectivity index (χ2n) is 4.61. The normalized spacial score (nSPS) is 12.1. The second-order valence-corrected chi connectivity index (χ2v) is 4.61. The first-order valence-electron chi connectivity index (χ1n) is 6.34. The highest BCUT2D eigenvalue weighted by Gasteiger charge is 2.22. The van der Waals surface area contributed by atoms with Gasteiger partial charge in [0.05, 0.1) is 19.8 Å². The van der Waals surface area contributed by atoms with Gasteiger partial charge in [0.25, 0.3) is 0 Å². The predicted molar refractivity (Wildman–Crippen MR) is 74.7 cm³/mol. The van der Waals surface area contributed by atoms with E-state index in [1.54, 1.807) is 6.07 Å². The molecule has 0 saturated heterocycles. The predicted octanol–water partition coefficient (Wildman–Crippen LogP) is 3.37. The number of rotatable bonds is 4. The summed E-state index contributed by atoms with van der Waals surface area (Å²) in [5.74, 6) is -0.696. The summed E-state index contributed by atoms with van der Waals surface area (Å²) >= 11 is 0. The second kappa shape index (κ2) is 6.10. The fourth-order valence-electron chi connectivity index (χ4n) is 2.12. The maximum absolute atomic E-state index is 14.1. The Hall–Kier alpha value is -2.14. The zero-order valence-electron chi connectivity index (χ0n) is 12.0. The smallest absolute Gasteiger partial charge is 0.161 e. The molecule has 3 nitrogen and oxygen atoms in total. The van der Waals surface area contributed by atoms with Gasteiger partial charge in [-0.15, -0.1) is 0 Å². The molecule has 1 N–H and O–H groups in total. The SMILES string of the molecule is COc1ccc(C(O)c2c(F)ccc(C)c2F)cc1OC. The van der Waals surface area contributed by atoms with Gasteiger partial charge in [0, 0.05) is 0 Å². The standard InChI is InChI=1S/C16H16F2O3/c1-9-4-6-11(17)14(15(9)18)16(19)10-5-7-12(20-2)13(8-10)21-3/h4-8,16,19H,1-3H3. The Morgan fingerprint density at radius 2 is 1.67 bits per heavy atom. The molecule has 5 heteroatoms. The molecule has 0 spiro atoms. The number of benzene rings is 2. The zero-order chi connectivity index (χ0) is 15.6. The van der Waals surface area contributed by atoms with Crippen LogP contribution in [0.2, 0.25) is 0 Å². The Bertz CT molecular complexity index is 656. The number of ether oxygens (including phenoxy) is 2. The molecule has 21 heavy (non-hydrogen) atoms. The highest BCUT2D eigenvalue weighted by molar-refractivity contribution is 5.46. The number of aryl methyl sites for hydroxylation is 1. The quantitative estimate of drug-likeness (QED) is 0.939. The molecular weight excluding hydrogens is 278 g/mol. The molecule has 112 valence electrons. The van der Waals surface area contributed by atoms with E-state index < -0.39 is 17.7 Å². The molecule has 0 aliphatic rings. The number of hydrogen-bond donors (Lipinski definition) is 1. The first-order valence-corrected chi connectivity index (χ1v) is 6.34. The summed E-state index contributed by atoms with van der Waals surface area (Å²) in [6.45, 7) is 1.51. The summed E-state index contributed by atoms with van der Waals surface area (Å²) < 4.78 is 38.1. The number of aliphatic hydroxyl groups is 1. The monoisotopic (exact) mass is 294 g/mol. The van der Waals surface area contributed by atoms with Gasteiger partial charge in [-0.25, -0.2) is 8.78 Å². The van der Waals surface area contributed by atoms with Crippen LogP contribution in [0.4, 0.5) is 8.78 Å². The molecule has 1 unspecified atom stereocenters. The van der Waals surface area contributed by atoms with Crippen molar-refractivity contribution < 1.29 is 23.4 Å². The fourth-order valence-corrected chi connectivity index (χ4v) is 2.12. The van der Waals surface area contributed by atoms with E-state index in [9.17, 15) is 13.9 Å². The third-order valence-electron chi connectivity index (χ3n) is 3.32. The minimum atomic E-state index is -1.43. The summed E-state index contributed by atoms with van der Waals surface area (Å²) in [4.78, 5) is 0. The fraction of sp³-hybridized carbons (Fsp3) is 0.250. The van der Waals surface area contributed by atoms with Gasteiger partial charge in [-0.05, 0) is 36.2 Å². The highest BCUT2D eigenvalue weighted by Crippen LogP contribution is 2.34. The van der Waals surface area contributed by atoms with Crippen LogP contribution in [0.5, 0.6) is 11.5 Å². The van der Waals surface area contributed by atoms with Crippen LogP contribution in [0.25, 0.3) is 0 Å². The molecule has 2 rings (SSSR count). The molecule has 0 bridgehead atoms. The maximum Gasteiger partial charge on any atom is 0.161 e. The van der Waals surface area contributed by atoms with E-state index in [1.807, 2.05) is 0 Å². The van der Waals surface area contributed by atoms with Gasteiger partial charge >= 0.3 is 0 Å². The molecule has 0 aliphatic heterocycles. The number of methoxy groups -OCH3 is 2. The minimum absolute atomic E-state index is 0.269. The number of halogens is 2. The first-order chi connectivity index (χ1) is 9.99. The van der Waals surface area contributed by atoms with Crippen molar-refractivity contribution in [1.29, 1.82) is 0 Å². The van der Waals surface area contributed by atoms with Gasteiger partial charge in [-0.1, -0.05) is 12.1 Å². The van der Waals surface area contributed by atoms with Crippen LogP contribution in [0.1, 0.15) is 22.8 Å². The lowest BCUT2D eigenvalue weighted by Gasteiger charge is -2.16. The van der Waals surface area contributed by atoms with Crippen LogP contribution < -0.4 is 9.47 Å². The van der Waals surface area contributed by atoms with Crippen LogP contribution >= 0.6 is 0 Å². The van der Waals surface area contributed by atoms with Gasteiger partial charge in [0.2, 0.25) is 0 Å².